The predicted octanol–water partition coefficient (Wildman–Crippen LogP) is 5.00. The van der Waals surface area contributed by atoms with Crippen LogP contribution in [0.5, 0.6) is 0 Å². The number of nitrogens with one attached hydrogen (secondary N) is 1. The molecule has 0 radical (unpaired) electrons. The molecule has 0 aliphatic rings. The average molecular weight is 296 g/mol. The molecule has 0 bridgehead atoms. The molecule has 100 valence electrons. The van der Waals surface area contributed by atoms with Crippen molar-refractivity contribution in [1.82, 2.24) is 14.5 Å². The van der Waals surface area contributed by atoms with Gasteiger partial charge in [-0.05, 0) is 19.1 Å². The molecule has 0 aliphatic carbocycles. The summed E-state index contributed by atoms with van der Waals surface area (Å²) in [6.45, 7) is 6.00. The number of halogens is 2. The molecule has 5 heteroatoms. The molecule has 1 N–H and O–H groups in total. The van der Waals surface area contributed by atoms with Gasteiger partial charge in [-0.15, -0.1) is 0 Å². The molecule has 0 saturated heterocycles. The minimum atomic E-state index is 0.553. The second kappa shape index (κ2) is 5.68. The lowest BCUT2D eigenvalue weighted by molar-refractivity contribution is 1.04. The van der Waals surface area contributed by atoms with Gasteiger partial charge >= 0.3 is 0 Å². The molecule has 2 heterocycles. The summed E-state index contributed by atoms with van der Waals surface area (Å²) in [6, 6.07) is 3.77. The van der Waals surface area contributed by atoms with Crippen LogP contribution in [0.3, 0.4) is 0 Å². The summed E-state index contributed by atoms with van der Waals surface area (Å²) in [4.78, 5) is 7.32. The highest BCUT2D eigenvalue weighted by molar-refractivity contribution is 6.45. The van der Waals surface area contributed by atoms with Crippen LogP contribution in [0.15, 0.2) is 30.9 Å². The van der Waals surface area contributed by atoms with Crippen molar-refractivity contribution in [2.75, 3.05) is 0 Å². The first kappa shape index (κ1) is 14.0. The lowest BCUT2D eigenvalue weighted by atomic mass is 10.2. The van der Waals surface area contributed by atoms with Crippen LogP contribution in [0.4, 0.5) is 0 Å². The quantitative estimate of drug-likeness (QED) is 0.674. The number of aromatic nitrogens is 3. The largest absolute Gasteiger partial charge is 0.356 e. The minimum Gasteiger partial charge on any atom is -0.356 e. The van der Waals surface area contributed by atoms with Gasteiger partial charge in [-0.3, -0.25) is 0 Å². The summed E-state index contributed by atoms with van der Waals surface area (Å²) < 4.78 is 1.96. The number of aromatic amines is 1. The Hall–Kier alpha value is -1.45. The van der Waals surface area contributed by atoms with E-state index in [1.807, 2.05) is 37.6 Å². The van der Waals surface area contributed by atoms with E-state index in [0.29, 0.717) is 10.0 Å². The summed E-state index contributed by atoms with van der Waals surface area (Å²) in [5.74, 6) is 0. The number of hydrogen-bond donors (Lipinski definition) is 1. The molecule has 19 heavy (non-hydrogen) atoms. The zero-order valence-corrected chi connectivity index (χ0v) is 12.5. The van der Waals surface area contributed by atoms with Gasteiger partial charge in [0, 0.05) is 23.5 Å². The van der Waals surface area contributed by atoms with Crippen molar-refractivity contribution in [2.24, 2.45) is 0 Å². The van der Waals surface area contributed by atoms with E-state index < -0.39 is 0 Å². The van der Waals surface area contributed by atoms with Crippen LogP contribution in [-0.4, -0.2) is 14.5 Å². The van der Waals surface area contributed by atoms with E-state index in [1.165, 1.54) is 0 Å². The van der Waals surface area contributed by atoms with Crippen molar-refractivity contribution in [3.63, 3.8) is 0 Å². The Kier molecular flexibility index (Phi) is 4.17. The Morgan fingerprint density at radius 2 is 1.95 bits per heavy atom. The van der Waals surface area contributed by atoms with Crippen molar-refractivity contribution in [3.8, 4) is 5.69 Å². The van der Waals surface area contributed by atoms with Crippen molar-refractivity contribution in [2.45, 2.75) is 20.8 Å². The highest BCUT2D eigenvalue weighted by Gasteiger charge is 2.13. The standard InChI is InChI=1S/C12H9Cl2N3.C2H6/c1-7-12(17-5-4-15-6-17)8-2-3-9(13)10(14)11(8)16-7;1-2/h2-6,16H,1H3;1-2H3. The number of benzene rings is 1. The number of aryl methyl sites for hydroxylation is 1. The van der Waals surface area contributed by atoms with Crippen LogP contribution >= 0.6 is 23.2 Å². The number of H-pyrrole nitrogens is 1. The first-order valence-electron chi connectivity index (χ1n) is 6.13. The molecule has 3 nitrogen and oxygen atoms in total. The summed E-state index contributed by atoms with van der Waals surface area (Å²) in [6.07, 6.45) is 5.41. The Balaban J connectivity index is 0.000000637. The van der Waals surface area contributed by atoms with E-state index in [1.54, 1.807) is 18.6 Å². The third-order valence-corrected chi connectivity index (χ3v) is 3.58. The molecule has 3 aromatic rings. The fourth-order valence-corrected chi connectivity index (χ4v) is 2.41. The van der Waals surface area contributed by atoms with Crippen molar-refractivity contribution < 1.29 is 0 Å². The first-order valence-corrected chi connectivity index (χ1v) is 6.88. The number of nitrogens with zero attached hydrogens (tertiary/aromatic N) is 2. The zero-order chi connectivity index (χ0) is 14.0. The summed E-state index contributed by atoms with van der Waals surface area (Å²) in [7, 11) is 0. The van der Waals surface area contributed by atoms with E-state index >= 15 is 0 Å². The van der Waals surface area contributed by atoms with E-state index in [4.69, 9.17) is 23.2 Å². The van der Waals surface area contributed by atoms with E-state index in [0.717, 1.165) is 22.3 Å². The molecule has 0 atom stereocenters. The Labute approximate surface area is 122 Å². The average Bonchev–Trinajstić information content (AvgIpc) is 3.03. The zero-order valence-electron chi connectivity index (χ0n) is 11.0. The third-order valence-electron chi connectivity index (χ3n) is 2.78. The van der Waals surface area contributed by atoms with E-state index in [9.17, 15) is 0 Å². The van der Waals surface area contributed by atoms with Gasteiger partial charge in [-0.25, -0.2) is 4.98 Å². The summed E-state index contributed by atoms with van der Waals surface area (Å²) in [5.41, 5.74) is 2.94. The van der Waals surface area contributed by atoms with Gasteiger partial charge < -0.3 is 9.55 Å². The Morgan fingerprint density at radius 3 is 2.58 bits per heavy atom. The van der Waals surface area contributed by atoms with Crippen molar-refractivity contribution in [3.05, 3.63) is 46.6 Å². The van der Waals surface area contributed by atoms with Gasteiger partial charge in [0.15, 0.2) is 0 Å². The third kappa shape index (κ3) is 2.36. The molecule has 0 aliphatic heterocycles. The smallest absolute Gasteiger partial charge is 0.0992 e. The Morgan fingerprint density at radius 1 is 1.21 bits per heavy atom. The topological polar surface area (TPSA) is 33.6 Å². The van der Waals surface area contributed by atoms with E-state index in [-0.39, 0.29) is 0 Å². The summed E-state index contributed by atoms with van der Waals surface area (Å²) >= 11 is 12.2. The monoisotopic (exact) mass is 295 g/mol. The fraction of sp³-hybridized carbons (Fsp3) is 0.214. The fourth-order valence-electron chi connectivity index (χ4n) is 2.04. The van der Waals surface area contributed by atoms with E-state index in [2.05, 4.69) is 9.97 Å². The minimum absolute atomic E-state index is 0.553. The molecular weight excluding hydrogens is 281 g/mol. The molecule has 0 spiro atoms. The highest BCUT2D eigenvalue weighted by Crippen LogP contribution is 2.34. The lowest BCUT2D eigenvalue weighted by Crippen LogP contribution is -1.90. The van der Waals surface area contributed by atoms with Crippen LogP contribution in [0.1, 0.15) is 19.5 Å². The number of hydrogen-bond acceptors (Lipinski definition) is 1. The van der Waals surface area contributed by atoms with Crippen LogP contribution < -0.4 is 0 Å². The summed E-state index contributed by atoms with van der Waals surface area (Å²) in [5, 5.41) is 2.14. The van der Waals surface area contributed by atoms with Gasteiger partial charge in [0.2, 0.25) is 0 Å². The van der Waals surface area contributed by atoms with Crippen molar-refractivity contribution in [1.29, 1.82) is 0 Å². The van der Waals surface area contributed by atoms with Gasteiger partial charge in [0.05, 0.1) is 27.6 Å². The molecule has 0 unspecified atom stereocenters. The van der Waals surface area contributed by atoms with Gasteiger partial charge in [-0.1, -0.05) is 37.0 Å². The molecule has 0 fully saturated rings. The number of rotatable bonds is 1. The first-order chi connectivity index (χ1) is 9.18. The maximum Gasteiger partial charge on any atom is 0.0992 e. The van der Waals surface area contributed by atoms with Crippen LogP contribution in [0.2, 0.25) is 10.0 Å². The highest BCUT2D eigenvalue weighted by atomic mass is 35.5. The van der Waals surface area contributed by atoms with Gasteiger partial charge in [-0.2, -0.15) is 0 Å². The van der Waals surface area contributed by atoms with Crippen LogP contribution in [0.25, 0.3) is 16.6 Å². The van der Waals surface area contributed by atoms with Gasteiger partial charge in [0.1, 0.15) is 0 Å². The molecular formula is C14H15Cl2N3. The maximum absolute atomic E-state index is 6.18. The number of imidazole rings is 1. The second-order valence-corrected chi connectivity index (χ2v) is 4.64. The molecule has 1 aromatic carbocycles. The maximum atomic E-state index is 6.18. The Bertz CT molecular complexity index is 684. The normalized spacial score (nSPS) is 10.4. The number of fused-ring (bicyclic) bond motifs is 1. The lowest BCUT2D eigenvalue weighted by Gasteiger charge is -2.02. The second-order valence-electron chi connectivity index (χ2n) is 3.85. The van der Waals surface area contributed by atoms with Gasteiger partial charge in [0.25, 0.3) is 0 Å². The van der Waals surface area contributed by atoms with Crippen LogP contribution in [0, 0.1) is 6.92 Å². The van der Waals surface area contributed by atoms with Crippen LogP contribution in [-0.2, 0) is 0 Å². The SMILES string of the molecule is CC.Cc1[nH]c2c(Cl)c(Cl)ccc2c1-n1ccnc1. The van der Waals surface area contributed by atoms with Crippen molar-refractivity contribution >= 4 is 34.1 Å². The molecule has 0 saturated carbocycles. The molecule has 0 amide bonds. The molecule has 3 rings (SSSR count). The predicted molar refractivity (Wildman–Crippen MR) is 81.5 cm³/mol. The molecule has 2 aromatic heterocycles.